The Hall–Kier alpha value is -0.530. The number of carbonyl (C=O) groups excluding carboxylic acids is 1. The molecule has 0 aromatic rings. The molecule has 1 saturated heterocycles. The van der Waals surface area contributed by atoms with Gasteiger partial charge >= 0.3 is 5.97 Å². The van der Waals surface area contributed by atoms with Gasteiger partial charge in [0, 0.05) is 0 Å². The molecule has 2 heteroatoms. The Bertz CT molecular complexity index is 200. The lowest BCUT2D eigenvalue weighted by Crippen LogP contribution is -2.37. The van der Waals surface area contributed by atoms with Crippen molar-refractivity contribution in [1.82, 2.24) is 0 Å². The van der Waals surface area contributed by atoms with Crippen molar-refractivity contribution in [3.05, 3.63) is 0 Å². The van der Waals surface area contributed by atoms with Crippen molar-refractivity contribution in [2.45, 2.75) is 26.7 Å². The summed E-state index contributed by atoms with van der Waals surface area (Å²) in [6, 6.07) is 0. The number of hydrogen-bond acceptors (Lipinski definition) is 2. The van der Waals surface area contributed by atoms with E-state index in [9.17, 15) is 4.79 Å². The summed E-state index contributed by atoms with van der Waals surface area (Å²) < 4.78 is 5.14. The Balaban J connectivity index is 2.18. The van der Waals surface area contributed by atoms with Crippen LogP contribution in [0.4, 0.5) is 0 Å². The highest BCUT2D eigenvalue weighted by Crippen LogP contribution is 2.44. The van der Waals surface area contributed by atoms with Gasteiger partial charge < -0.3 is 4.74 Å². The highest BCUT2D eigenvalue weighted by Gasteiger charge is 2.45. The zero-order chi connectivity index (χ0) is 8.72. The zero-order valence-corrected chi connectivity index (χ0v) is 7.75. The van der Waals surface area contributed by atoms with Crippen LogP contribution in [0.1, 0.15) is 26.7 Å². The smallest absolute Gasteiger partial charge is 0.309 e. The summed E-state index contributed by atoms with van der Waals surface area (Å²) in [6.45, 7) is 5.01. The molecule has 1 aliphatic carbocycles. The fraction of sp³-hybridized carbons (Fsp3) is 0.900. The lowest BCUT2D eigenvalue weighted by Gasteiger charge is -2.31. The van der Waals surface area contributed by atoms with Crippen LogP contribution in [0.25, 0.3) is 0 Å². The van der Waals surface area contributed by atoms with Crippen molar-refractivity contribution in [3.63, 3.8) is 0 Å². The van der Waals surface area contributed by atoms with E-state index in [2.05, 4.69) is 13.8 Å². The molecule has 1 aliphatic heterocycles. The molecular formula is C10H16O2. The van der Waals surface area contributed by atoms with Gasteiger partial charge in [0.2, 0.25) is 0 Å². The molecule has 68 valence electrons. The molecule has 4 atom stereocenters. The molecule has 0 spiro atoms. The zero-order valence-electron chi connectivity index (χ0n) is 7.75. The first-order valence-electron chi connectivity index (χ1n) is 4.87. The molecule has 0 bridgehead atoms. The maximum absolute atomic E-state index is 11.4. The molecule has 2 aliphatic rings. The van der Waals surface area contributed by atoms with Crippen molar-refractivity contribution in [2.24, 2.45) is 23.7 Å². The first kappa shape index (κ1) is 8.09. The molecule has 12 heavy (non-hydrogen) atoms. The fourth-order valence-electron chi connectivity index (χ4n) is 2.72. The number of esters is 1. The molecule has 0 aromatic heterocycles. The predicted molar refractivity (Wildman–Crippen MR) is 45.5 cm³/mol. The van der Waals surface area contributed by atoms with Crippen LogP contribution in [-0.2, 0) is 9.53 Å². The molecule has 0 amide bonds. The van der Waals surface area contributed by atoms with Gasteiger partial charge in [0.15, 0.2) is 0 Å². The second kappa shape index (κ2) is 2.75. The monoisotopic (exact) mass is 168 g/mol. The summed E-state index contributed by atoms with van der Waals surface area (Å²) in [5.41, 5.74) is 0. The quantitative estimate of drug-likeness (QED) is 0.516. The van der Waals surface area contributed by atoms with Gasteiger partial charge in [-0.05, 0) is 30.6 Å². The molecule has 2 rings (SSSR count). The highest BCUT2D eigenvalue weighted by molar-refractivity contribution is 5.74. The van der Waals surface area contributed by atoms with E-state index in [4.69, 9.17) is 4.74 Å². The fourth-order valence-corrected chi connectivity index (χ4v) is 2.72. The van der Waals surface area contributed by atoms with Crippen LogP contribution in [0.3, 0.4) is 0 Å². The molecule has 2 fully saturated rings. The molecule has 0 aromatic carbocycles. The van der Waals surface area contributed by atoms with Crippen LogP contribution in [0.5, 0.6) is 0 Å². The van der Waals surface area contributed by atoms with Crippen LogP contribution in [0.15, 0.2) is 0 Å². The Morgan fingerprint density at radius 3 is 2.67 bits per heavy atom. The van der Waals surface area contributed by atoms with Gasteiger partial charge in [-0.2, -0.15) is 0 Å². The number of carbonyl (C=O) groups is 1. The van der Waals surface area contributed by atoms with Crippen molar-refractivity contribution in [1.29, 1.82) is 0 Å². The minimum atomic E-state index is 0.0584. The van der Waals surface area contributed by atoms with Crippen LogP contribution in [-0.4, -0.2) is 12.6 Å². The number of fused-ring (bicyclic) bond motifs is 1. The topological polar surface area (TPSA) is 26.3 Å². The van der Waals surface area contributed by atoms with Crippen LogP contribution in [0, 0.1) is 23.7 Å². The van der Waals surface area contributed by atoms with Gasteiger partial charge in [0.05, 0.1) is 12.5 Å². The van der Waals surface area contributed by atoms with Gasteiger partial charge in [-0.1, -0.05) is 13.8 Å². The Morgan fingerprint density at radius 1 is 1.25 bits per heavy atom. The minimum Gasteiger partial charge on any atom is -0.465 e. The molecular weight excluding hydrogens is 152 g/mol. The van der Waals surface area contributed by atoms with Crippen molar-refractivity contribution >= 4 is 5.97 Å². The molecule has 0 N–H and O–H groups in total. The summed E-state index contributed by atoms with van der Waals surface area (Å²) in [6.07, 6.45) is 2.43. The molecule has 0 unspecified atom stereocenters. The SMILES string of the molecule is C[C@@H]1COC(=O)[C@@H]2[C@H]1CC[C@@H]2C. The largest absolute Gasteiger partial charge is 0.465 e. The number of hydrogen-bond donors (Lipinski definition) is 0. The van der Waals surface area contributed by atoms with Crippen molar-refractivity contribution in [2.75, 3.05) is 6.61 Å². The second-order valence-electron chi connectivity index (χ2n) is 4.35. The van der Waals surface area contributed by atoms with Crippen molar-refractivity contribution in [3.8, 4) is 0 Å². The van der Waals surface area contributed by atoms with E-state index in [1.807, 2.05) is 0 Å². The second-order valence-corrected chi connectivity index (χ2v) is 4.35. The number of cyclic esters (lactones) is 1. The van der Waals surface area contributed by atoms with E-state index in [-0.39, 0.29) is 11.9 Å². The Kier molecular flexibility index (Phi) is 1.85. The van der Waals surface area contributed by atoms with Gasteiger partial charge in [0.1, 0.15) is 0 Å². The summed E-state index contributed by atoms with van der Waals surface area (Å²) in [5.74, 6) is 2.01. The van der Waals surface area contributed by atoms with E-state index >= 15 is 0 Å². The molecule has 0 radical (unpaired) electrons. The van der Waals surface area contributed by atoms with E-state index in [1.165, 1.54) is 12.8 Å². The first-order valence-corrected chi connectivity index (χ1v) is 4.87. The van der Waals surface area contributed by atoms with Crippen LogP contribution >= 0.6 is 0 Å². The lowest BCUT2D eigenvalue weighted by molar-refractivity contribution is -0.160. The third kappa shape index (κ3) is 1.05. The summed E-state index contributed by atoms with van der Waals surface area (Å²) >= 11 is 0. The van der Waals surface area contributed by atoms with Gasteiger partial charge in [-0.3, -0.25) is 4.79 Å². The van der Waals surface area contributed by atoms with E-state index in [0.29, 0.717) is 24.4 Å². The number of ether oxygens (including phenoxy) is 1. The number of rotatable bonds is 0. The average molecular weight is 168 g/mol. The minimum absolute atomic E-state index is 0.0584. The summed E-state index contributed by atoms with van der Waals surface area (Å²) in [7, 11) is 0. The normalized spacial score (nSPS) is 47.0. The van der Waals surface area contributed by atoms with Crippen LogP contribution < -0.4 is 0 Å². The average Bonchev–Trinajstić information content (AvgIpc) is 2.42. The van der Waals surface area contributed by atoms with Gasteiger partial charge in [-0.25, -0.2) is 0 Å². The summed E-state index contributed by atoms with van der Waals surface area (Å²) in [4.78, 5) is 11.4. The maximum atomic E-state index is 11.4. The Labute approximate surface area is 73.3 Å². The van der Waals surface area contributed by atoms with Crippen LogP contribution in [0.2, 0.25) is 0 Å². The first-order chi connectivity index (χ1) is 5.70. The lowest BCUT2D eigenvalue weighted by atomic mass is 9.81. The van der Waals surface area contributed by atoms with E-state index in [1.54, 1.807) is 0 Å². The predicted octanol–water partition coefficient (Wildman–Crippen LogP) is 1.84. The standard InChI is InChI=1S/C10H16O2/c1-6-3-4-8-7(2)5-12-10(11)9(6)8/h6-9H,3-5H2,1-2H3/t6-,7+,8-,9-/m0/s1. The highest BCUT2D eigenvalue weighted by atomic mass is 16.5. The third-order valence-electron chi connectivity index (χ3n) is 3.52. The van der Waals surface area contributed by atoms with E-state index < -0.39 is 0 Å². The van der Waals surface area contributed by atoms with Gasteiger partial charge in [0.25, 0.3) is 0 Å². The maximum Gasteiger partial charge on any atom is 0.309 e. The van der Waals surface area contributed by atoms with E-state index in [0.717, 1.165) is 0 Å². The van der Waals surface area contributed by atoms with Gasteiger partial charge in [-0.15, -0.1) is 0 Å². The van der Waals surface area contributed by atoms with Crippen molar-refractivity contribution < 1.29 is 9.53 Å². The Morgan fingerprint density at radius 2 is 2.00 bits per heavy atom. The molecule has 1 saturated carbocycles. The summed E-state index contributed by atoms with van der Waals surface area (Å²) in [5, 5.41) is 0. The molecule has 1 heterocycles. The third-order valence-corrected chi connectivity index (χ3v) is 3.52. The molecule has 2 nitrogen and oxygen atoms in total.